The summed E-state index contributed by atoms with van der Waals surface area (Å²) in [7, 11) is 2.72. The predicted octanol–water partition coefficient (Wildman–Crippen LogP) is 3.29. The minimum atomic E-state index is -0.617. The zero-order valence-electron chi connectivity index (χ0n) is 18.4. The fourth-order valence-electron chi connectivity index (χ4n) is 2.87. The molecule has 0 heterocycles. The van der Waals surface area contributed by atoms with Crippen LogP contribution in [-0.2, 0) is 14.3 Å². The van der Waals surface area contributed by atoms with E-state index < -0.39 is 17.9 Å². The van der Waals surface area contributed by atoms with Crippen molar-refractivity contribution in [3.8, 4) is 11.5 Å². The molecular weight excluding hydrogens is 436 g/mol. The van der Waals surface area contributed by atoms with E-state index in [1.807, 2.05) is 13.8 Å². The molecule has 0 aromatic heterocycles. The molecule has 2 aromatic rings. The molecule has 0 bridgehead atoms. The van der Waals surface area contributed by atoms with Gasteiger partial charge in [0.05, 0.1) is 26.7 Å². The molecule has 32 heavy (non-hydrogen) atoms. The molecule has 0 spiro atoms. The Labute approximate surface area is 192 Å². The number of hydrogen-bond acceptors (Lipinski definition) is 6. The fraction of sp³-hybridized carbons (Fsp3) is 0.348. The van der Waals surface area contributed by atoms with Crippen molar-refractivity contribution in [2.24, 2.45) is 0 Å². The van der Waals surface area contributed by atoms with E-state index >= 15 is 0 Å². The van der Waals surface area contributed by atoms with Gasteiger partial charge in [-0.3, -0.25) is 14.4 Å². The molecule has 2 N–H and O–H groups in total. The van der Waals surface area contributed by atoms with Gasteiger partial charge in [-0.15, -0.1) is 0 Å². The Morgan fingerprint density at radius 2 is 1.66 bits per heavy atom. The van der Waals surface area contributed by atoms with Crippen molar-refractivity contribution in [2.45, 2.75) is 32.4 Å². The van der Waals surface area contributed by atoms with Gasteiger partial charge in [0.25, 0.3) is 11.8 Å². The topological polar surface area (TPSA) is 103 Å². The van der Waals surface area contributed by atoms with Gasteiger partial charge in [0.15, 0.2) is 18.1 Å². The Bertz CT molecular complexity index is 946. The van der Waals surface area contributed by atoms with E-state index in [4.69, 9.17) is 25.8 Å². The Morgan fingerprint density at radius 3 is 2.25 bits per heavy atom. The Kier molecular flexibility index (Phi) is 9.34. The highest BCUT2D eigenvalue weighted by Crippen LogP contribution is 2.29. The van der Waals surface area contributed by atoms with Crippen LogP contribution >= 0.6 is 11.6 Å². The van der Waals surface area contributed by atoms with E-state index in [1.54, 1.807) is 36.4 Å². The second-order valence-electron chi connectivity index (χ2n) is 7.23. The third kappa shape index (κ3) is 7.46. The molecule has 0 aliphatic carbocycles. The van der Waals surface area contributed by atoms with E-state index in [2.05, 4.69) is 10.6 Å². The van der Waals surface area contributed by atoms with Crippen molar-refractivity contribution in [1.29, 1.82) is 0 Å². The summed E-state index contributed by atoms with van der Waals surface area (Å²) in [4.78, 5) is 36.5. The van der Waals surface area contributed by atoms with Gasteiger partial charge in [0.2, 0.25) is 0 Å². The van der Waals surface area contributed by atoms with Crippen molar-refractivity contribution in [2.75, 3.05) is 20.8 Å². The number of esters is 1. The molecular formula is C23H27ClN2O6. The minimum absolute atomic E-state index is 0.00218. The number of rotatable bonds is 10. The smallest absolute Gasteiger partial charge is 0.307 e. The first-order valence-electron chi connectivity index (χ1n) is 9.96. The van der Waals surface area contributed by atoms with E-state index in [1.165, 1.54) is 20.3 Å². The summed E-state index contributed by atoms with van der Waals surface area (Å²) in [6.45, 7) is 3.52. The molecule has 0 radical (unpaired) electrons. The molecule has 1 atom stereocenters. The molecule has 0 fully saturated rings. The molecule has 0 aliphatic heterocycles. The minimum Gasteiger partial charge on any atom is -0.493 e. The summed E-state index contributed by atoms with van der Waals surface area (Å²) < 4.78 is 15.6. The van der Waals surface area contributed by atoms with Crippen LogP contribution in [0.3, 0.4) is 0 Å². The van der Waals surface area contributed by atoms with Gasteiger partial charge in [-0.2, -0.15) is 0 Å². The van der Waals surface area contributed by atoms with E-state index in [0.717, 1.165) is 0 Å². The summed E-state index contributed by atoms with van der Waals surface area (Å²) in [5.41, 5.74) is 1.00. The number of halogens is 1. The Hall–Kier alpha value is -3.26. The number of benzene rings is 2. The number of nitrogens with one attached hydrogen (secondary N) is 2. The third-order valence-electron chi connectivity index (χ3n) is 4.41. The number of amides is 2. The number of hydrogen-bond donors (Lipinski definition) is 2. The van der Waals surface area contributed by atoms with E-state index in [0.29, 0.717) is 27.6 Å². The third-order valence-corrected chi connectivity index (χ3v) is 4.66. The van der Waals surface area contributed by atoms with E-state index in [-0.39, 0.29) is 25.0 Å². The van der Waals surface area contributed by atoms with Gasteiger partial charge < -0.3 is 24.8 Å². The summed E-state index contributed by atoms with van der Waals surface area (Å²) in [6.07, 6.45) is -0.0484. The van der Waals surface area contributed by atoms with Crippen molar-refractivity contribution < 1.29 is 28.6 Å². The summed E-state index contributed by atoms with van der Waals surface area (Å²) in [5, 5.41) is 6.10. The Balaban J connectivity index is 2.16. The van der Waals surface area contributed by atoms with Crippen LogP contribution in [0.5, 0.6) is 11.5 Å². The quantitative estimate of drug-likeness (QED) is 0.525. The lowest BCUT2D eigenvalue weighted by Crippen LogP contribution is -2.34. The number of ether oxygens (including phenoxy) is 3. The molecule has 0 saturated carbocycles. The summed E-state index contributed by atoms with van der Waals surface area (Å²) in [6, 6.07) is 10.8. The van der Waals surface area contributed by atoms with E-state index in [9.17, 15) is 14.4 Å². The van der Waals surface area contributed by atoms with Crippen LogP contribution in [0.15, 0.2) is 42.5 Å². The zero-order valence-corrected chi connectivity index (χ0v) is 19.2. The monoisotopic (exact) mass is 462 g/mol. The fourth-order valence-corrected chi connectivity index (χ4v) is 3.00. The largest absolute Gasteiger partial charge is 0.493 e. The van der Waals surface area contributed by atoms with Gasteiger partial charge >= 0.3 is 5.97 Å². The molecule has 9 heteroatoms. The predicted molar refractivity (Wildman–Crippen MR) is 120 cm³/mol. The maximum Gasteiger partial charge on any atom is 0.307 e. The Morgan fingerprint density at radius 1 is 0.969 bits per heavy atom. The molecule has 2 aromatic carbocycles. The summed E-state index contributed by atoms with van der Waals surface area (Å²) in [5.74, 6) is -0.530. The van der Waals surface area contributed by atoms with Gasteiger partial charge in [-0.05, 0) is 49.7 Å². The highest BCUT2D eigenvalue weighted by molar-refractivity contribution is 6.30. The summed E-state index contributed by atoms with van der Waals surface area (Å²) >= 11 is 5.94. The van der Waals surface area contributed by atoms with Crippen molar-refractivity contribution in [1.82, 2.24) is 10.6 Å². The molecule has 1 unspecified atom stereocenters. The standard InChI is InChI=1S/C23H27ClN2O6/c1-14(2)25-21(27)13-32-19-10-7-16(11-20(19)30-3)23(29)26-18(12-22(28)31-4)15-5-8-17(24)9-6-15/h5-11,14,18H,12-13H2,1-4H3,(H,25,27)(H,26,29). The lowest BCUT2D eigenvalue weighted by atomic mass is 10.0. The zero-order chi connectivity index (χ0) is 23.7. The maximum atomic E-state index is 12.9. The molecule has 2 amide bonds. The average molecular weight is 463 g/mol. The lowest BCUT2D eigenvalue weighted by molar-refractivity contribution is -0.141. The highest BCUT2D eigenvalue weighted by Gasteiger charge is 2.21. The molecule has 0 saturated heterocycles. The van der Waals surface area contributed by atoms with Crippen LogP contribution in [0.25, 0.3) is 0 Å². The van der Waals surface area contributed by atoms with Gasteiger partial charge in [0, 0.05) is 16.6 Å². The van der Waals surface area contributed by atoms with Crippen LogP contribution in [0.4, 0.5) is 0 Å². The second kappa shape index (κ2) is 12.0. The first-order chi connectivity index (χ1) is 15.2. The molecule has 2 rings (SSSR count). The van der Waals surface area contributed by atoms with Crippen LogP contribution in [0, 0.1) is 0 Å². The molecule has 0 aliphatic rings. The number of carbonyl (C=O) groups excluding carboxylic acids is 3. The van der Waals surface area contributed by atoms with Crippen LogP contribution in [-0.4, -0.2) is 44.7 Å². The van der Waals surface area contributed by atoms with Crippen LogP contribution in [0.2, 0.25) is 5.02 Å². The number of carbonyl (C=O) groups is 3. The maximum absolute atomic E-state index is 12.9. The van der Waals surface area contributed by atoms with Crippen LogP contribution in [0.1, 0.15) is 42.2 Å². The number of methoxy groups -OCH3 is 2. The first-order valence-corrected chi connectivity index (χ1v) is 10.3. The second-order valence-corrected chi connectivity index (χ2v) is 7.67. The van der Waals surface area contributed by atoms with Crippen molar-refractivity contribution in [3.05, 3.63) is 58.6 Å². The van der Waals surface area contributed by atoms with Gasteiger partial charge in [0.1, 0.15) is 0 Å². The van der Waals surface area contributed by atoms with Gasteiger partial charge in [-0.25, -0.2) is 0 Å². The van der Waals surface area contributed by atoms with Crippen molar-refractivity contribution >= 4 is 29.4 Å². The molecule has 8 nitrogen and oxygen atoms in total. The van der Waals surface area contributed by atoms with Gasteiger partial charge in [-0.1, -0.05) is 23.7 Å². The van der Waals surface area contributed by atoms with Crippen molar-refractivity contribution in [3.63, 3.8) is 0 Å². The average Bonchev–Trinajstić information content (AvgIpc) is 2.76. The van der Waals surface area contributed by atoms with Crippen LogP contribution < -0.4 is 20.1 Å². The highest BCUT2D eigenvalue weighted by atomic mass is 35.5. The SMILES string of the molecule is COC(=O)CC(NC(=O)c1ccc(OCC(=O)NC(C)C)c(OC)c1)c1ccc(Cl)cc1. The normalized spacial score (nSPS) is 11.4. The molecule has 172 valence electrons. The first kappa shape index (κ1) is 25.0. The lowest BCUT2D eigenvalue weighted by Gasteiger charge is -2.19.